The van der Waals surface area contributed by atoms with Gasteiger partial charge in [0.05, 0.1) is 6.54 Å². The number of amides is 1. The second-order valence-corrected chi connectivity index (χ2v) is 7.05. The van der Waals surface area contributed by atoms with Crippen LogP contribution in [-0.4, -0.2) is 37.9 Å². The predicted octanol–water partition coefficient (Wildman–Crippen LogP) is 1.52. The Balaban J connectivity index is 1.57. The van der Waals surface area contributed by atoms with Crippen LogP contribution in [0, 0.1) is 0 Å². The Morgan fingerprint density at radius 3 is 2.39 bits per heavy atom. The lowest BCUT2D eigenvalue weighted by molar-refractivity contribution is -0.122. The summed E-state index contributed by atoms with van der Waals surface area (Å²) in [5.41, 5.74) is 0.916. The van der Waals surface area contributed by atoms with Gasteiger partial charge >= 0.3 is 10.5 Å². The molecule has 8 heteroatoms. The van der Waals surface area contributed by atoms with Crippen LogP contribution in [0.5, 0.6) is 5.75 Å². The third kappa shape index (κ3) is 5.47. The maximum absolute atomic E-state index is 12.4. The second-order valence-electron chi connectivity index (χ2n) is 6.10. The van der Waals surface area contributed by atoms with E-state index in [-0.39, 0.29) is 11.7 Å². The smallest absolute Gasteiger partial charge is 0.358 e. The molecule has 126 valence electrons. The minimum atomic E-state index is -5.00. The van der Waals surface area contributed by atoms with E-state index < -0.39 is 10.5 Å². The van der Waals surface area contributed by atoms with Crippen molar-refractivity contribution in [2.24, 2.45) is 0 Å². The predicted molar refractivity (Wildman–Crippen MR) is 81.7 cm³/mol. The van der Waals surface area contributed by atoms with Crippen LogP contribution in [0.1, 0.15) is 31.2 Å². The van der Waals surface area contributed by atoms with E-state index in [0.29, 0.717) is 25.2 Å². The van der Waals surface area contributed by atoms with Crippen LogP contribution in [0.2, 0.25) is 0 Å². The largest absolute Gasteiger partial charge is 0.488 e. The molecule has 2 saturated carbocycles. The minimum Gasteiger partial charge on any atom is -0.358 e. The maximum Gasteiger partial charge on any atom is 0.488 e. The zero-order chi connectivity index (χ0) is 16.4. The van der Waals surface area contributed by atoms with E-state index in [1.54, 1.807) is 12.1 Å². The molecule has 6 nitrogen and oxygen atoms in total. The summed E-state index contributed by atoms with van der Waals surface area (Å²) in [4.78, 5) is 14.1. The summed E-state index contributed by atoms with van der Waals surface area (Å²) in [6.45, 7) is 0.948. The highest BCUT2D eigenvalue weighted by molar-refractivity contribution is 7.81. The SMILES string of the molecule is O=C(CN(Cc1ccc(OS(=O)(=O)F)cc1)C1CC1)NC1CC1. The lowest BCUT2D eigenvalue weighted by atomic mass is 10.2. The van der Waals surface area contributed by atoms with Gasteiger partial charge in [0.15, 0.2) is 0 Å². The number of nitrogens with one attached hydrogen (secondary N) is 1. The number of nitrogens with zero attached hydrogens (tertiary/aromatic N) is 1. The Kier molecular flexibility index (Phi) is 4.54. The number of benzene rings is 1. The van der Waals surface area contributed by atoms with Gasteiger partial charge < -0.3 is 9.50 Å². The molecule has 1 N–H and O–H groups in total. The topological polar surface area (TPSA) is 75.7 Å². The van der Waals surface area contributed by atoms with Gasteiger partial charge in [-0.05, 0) is 43.4 Å². The molecule has 0 aromatic heterocycles. The summed E-state index contributed by atoms with van der Waals surface area (Å²) >= 11 is 0. The Bertz CT molecular complexity index is 669. The van der Waals surface area contributed by atoms with E-state index in [1.807, 2.05) is 0 Å². The first-order valence-electron chi connectivity index (χ1n) is 7.65. The third-order valence-electron chi connectivity index (χ3n) is 3.86. The summed E-state index contributed by atoms with van der Waals surface area (Å²) in [7, 11) is -5.00. The van der Waals surface area contributed by atoms with Crippen molar-refractivity contribution in [3.63, 3.8) is 0 Å². The first kappa shape index (κ1) is 16.2. The van der Waals surface area contributed by atoms with Crippen LogP contribution in [0.15, 0.2) is 24.3 Å². The van der Waals surface area contributed by atoms with Crippen molar-refractivity contribution in [3.8, 4) is 5.75 Å². The van der Waals surface area contributed by atoms with Crippen LogP contribution in [0.3, 0.4) is 0 Å². The van der Waals surface area contributed by atoms with Gasteiger partial charge in [-0.2, -0.15) is 8.42 Å². The van der Waals surface area contributed by atoms with E-state index >= 15 is 0 Å². The molecule has 0 atom stereocenters. The zero-order valence-electron chi connectivity index (χ0n) is 12.6. The van der Waals surface area contributed by atoms with Gasteiger partial charge in [-0.25, -0.2) is 0 Å². The first-order chi connectivity index (χ1) is 10.9. The molecular formula is C15H19FN2O4S. The van der Waals surface area contributed by atoms with Gasteiger partial charge in [0, 0.05) is 18.6 Å². The highest BCUT2D eigenvalue weighted by Crippen LogP contribution is 2.28. The molecule has 0 saturated heterocycles. The summed E-state index contributed by atoms with van der Waals surface area (Å²) < 4.78 is 37.5. The standard InChI is InChI=1S/C15H19FN2O4S/c16-23(20,21)22-14-7-1-11(2-8-14)9-18(13-5-6-13)10-15(19)17-12-3-4-12/h1-2,7-8,12-13H,3-6,9-10H2,(H,17,19). The molecular weight excluding hydrogens is 323 g/mol. The molecule has 1 amide bonds. The quantitative estimate of drug-likeness (QED) is 0.725. The fourth-order valence-electron chi connectivity index (χ4n) is 2.44. The van der Waals surface area contributed by atoms with Crippen molar-refractivity contribution < 1.29 is 21.3 Å². The monoisotopic (exact) mass is 342 g/mol. The lowest BCUT2D eigenvalue weighted by Crippen LogP contribution is -2.38. The van der Waals surface area contributed by atoms with Crippen molar-refractivity contribution in [3.05, 3.63) is 29.8 Å². The maximum atomic E-state index is 12.4. The summed E-state index contributed by atoms with van der Waals surface area (Å²) in [5.74, 6) is -0.0245. The highest BCUT2D eigenvalue weighted by Gasteiger charge is 2.31. The fraction of sp³-hybridized carbons (Fsp3) is 0.533. The van der Waals surface area contributed by atoms with Crippen molar-refractivity contribution in [1.82, 2.24) is 10.2 Å². The average molecular weight is 342 g/mol. The Hall–Kier alpha value is -1.67. The number of halogens is 1. The van der Waals surface area contributed by atoms with Gasteiger partial charge in [-0.15, -0.1) is 0 Å². The van der Waals surface area contributed by atoms with E-state index in [2.05, 4.69) is 14.4 Å². The van der Waals surface area contributed by atoms with Crippen molar-refractivity contribution >= 4 is 16.4 Å². The molecule has 0 bridgehead atoms. The molecule has 1 aromatic carbocycles. The zero-order valence-corrected chi connectivity index (χ0v) is 13.4. The molecule has 0 heterocycles. The van der Waals surface area contributed by atoms with Gasteiger partial charge in [0.1, 0.15) is 5.75 Å². The molecule has 0 radical (unpaired) electrons. The van der Waals surface area contributed by atoms with Gasteiger partial charge in [0.25, 0.3) is 0 Å². The van der Waals surface area contributed by atoms with Crippen molar-refractivity contribution in [1.29, 1.82) is 0 Å². The van der Waals surface area contributed by atoms with Gasteiger partial charge in [-0.3, -0.25) is 9.69 Å². The number of carbonyl (C=O) groups is 1. The summed E-state index contributed by atoms with van der Waals surface area (Å²) in [6, 6.07) is 6.93. The van der Waals surface area contributed by atoms with E-state index in [9.17, 15) is 17.1 Å². The Morgan fingerprint density at radius 1 is 1.22 bits per heavy atom. The van der Waals surface area contributed by atoms with Crippen LogP contribution in [0.25, 0.3) is 0 Å². The van der Waals surface area contributed by atoms with Crippen molar-refractivity contribution in [2.75, 3.05) is 6.54 Å². The molecule has 3 rings (SSSR count). The average Bonchev–Trinajstić information content (AvgIpc) is 3.32. The molecule has 2 aliphatic rings. The summed E-state index contributed by atoms with van der Waals surface area (Å²) in [5, 5.41) is 2.98. The normalized spacial score (nSPS) is 18.0. The molecule has 1 aromatic rings. The highest BCUT2D eigenvalue weighted by atomic mass is 32.3. The second kappa shape index (κ2) is 6.45. The first-order valence-corrected chi connectivity index (χ1v) is 8.96. The van der Waals surface area contributed by atoms with Crippen LogP contribution < -0.4 is 9.50 Å². The molecule has 0 aliphatic heterocycles. The van der Waals surface area contributed by atoms with Crippen LogP contribution in [0.4, 0.5) is 3.89 Å². The minimum absolute atomic E-state index is 0.0443. The summed E-state index contributed by atoms with van der Waals surface area (Å²) in [6.07, 6.45) is 4.29. The van der Waals surface area contributed by atoms with Gasteiger partial charge in [0.2, 0.25) is 5.91 Å². The van der Waals surface area contributed by atoms with E-state index in [4.69, 9.17) is 0 Å². The van der Waals surface area contributed by atoms with Gasteiger partial charge in [-0.1, -0.05) is 16.0 Å². The van der Waals surface area contributed by atoms with E-state index in [0.717, 1.165) is 31.2 Å². The third-order valence-corrected chi connectivity index (χ3v) is 4.25. The van der Waals surface area contributed by atoms with E-state index in [1.165, 1.54) is 12.1 Å². The fourth-order valence-corrected chi connectivity index (χ4v) is 2.78. The van der Waals surface area contributed by atoms with Crippen molar-refractivity contribution in [2.45, 2.75) is 44.3 Å². The molecule has 2 fully saturated rings. The number of hydrogen-bond acceptors (Lipinski definition) is 5. The Labute approximate surface area is 135 Å². The molecule has 0 spiro atoms. The molecule has 2 aliphatic carbocycles. The Morgan fingerprint density at radius 2 is 1.87 bits per heavy atom. The molecule has 23 heavy (non-hydrogen) atoms. The lowest BCUT2D eigenvalue weighted by Gasteiger charge is -2.21. The number of hydrogen-bond donors (Lipinski definition) is 1. The number of carbonyl (C=O) groups excluding carboxylic acids is 1. The number of rotatable bonds is 8. The molecule has 0 unspecified atom stereocenters. The van der Waals surface area contributed by atoms with Crippen LogP contribution in [-0.2, 0) is 21.8 Å². The van der Waals surface area contributed by atoms with Crippen LogP contribution >= 0.6 is 0 Å².